The summed E-state index contributed by atoms with van der Waals surface area (Å²) in [5.74, 6) is -2.18. The number of piperidine rings is 1. The van der Waals surface area contributed by atoms with Crippen LogP contribution in [0.4, 0.5) is 17.6 Å². The van der Waals surface area contributed by atoms with E-state index < -0.39 is 18.2 Å². The van der Waals surface area contributed by atoms with Gasteiger partial charge in [-0.15, -0.1) is 12.4 Å². The van der Waals surface area contributed by atoms with E-state index in [0.29, 0.717) is 30.6 Å². The molecule has 3 rings (SSSR count). The number of nitrogens with one attached hydrogen (secondary N) is 2. The highest BCUT2D eigenvalue weighted by Gasteiger charge is 2.28. The summed E-state index contributed by atoms with van der Waals surface area (Å²) >= 11 is 0. The van der Waals surface area contributed by atoms with Crippen LogP contribution in [-0.4, -0.2) is 31.7 Å². The highest BCUT2D eigenvalue weighted by Crippen LogP contribution is 2.27. The molecule has 0 bridgehead atoms. The summed E-state index contributed by atoms with van der Waals surface area (Å²) in [4.78, 5) is 12.4. The van der Waals surface area contributed by atoms with E-state index in [1.54, 1.807) is 12.1 Å². The van der Waals surface area contributed by atoms with Crippen LogP contribution >= 0.6 is 12.4 Å². The summed E-state index contributed by atoms with van der Waals surface area (Å²) in [6.07, 6.45) is 0.742. The molecular weight excluding hydrogens is 412 g/mol. The van der Waals surface area contributed by atoms with E-state index in [0.717, 1.165) is 6.07 Å². The number of carbonyl (C=O) groups is 1. The van der Waals surface area contributed by atoms with Gasteiger partial charge in [-0.05, 0) is 48.4 Å². The summed E-state index contributed by atoms with van der Waals surface area (Å²) in [5, 5.41) is 6.11. The fourth-order valence-corrected chi connectivity index (χ4v) is 3.38. The van der Waals surface area contributed by atoms with Crippen LogP contribution in [0.5, 0.6) is 5.75 Å². The zero-order valence-corrected chi connectivity index (χ0v) is 16.2. The molecule has 0 radical (unpaired) electrons. The van der Waals surface area contributed by atoms with Crippen LogP contribution in [0.25, 0.3) is 0 Å². The fourth-order valence-electron chi connectivity index (χ4n) is 3.38. The molecule has 9 heteroatoms. The van der Waals surface area contributed by atoms with Crippen molar-refractivity contribution in [3.8, 4) is 5.75 Å². The van der Waals surface area contributed by atoms with Gasteiger partial charge in [-0.2, -0.15) is 8.78 Å². The van der Waals surface area contributed by atoms with Gasteiger partial charge >= 0.3 is 6.61 Å². The van der Waals surface area contributed by atoms with Crippen LogP contribution in [-0.2, 0) is 11.2 Å². The number of rotatable bonds is 6. The van der Waals surface area contributed by atoms with E-state index in [2.05, 4.69) is 15.4 Å². The third-order valence-electron chi connectivity index (χ3n) is 4.71. The van der Waals surface area contributed by atoms with Gasteiger partial charge in [0.25, 0.3) is 0 Å². The second-order valence-corrected chi connectivity index (χ2v) is 6.65. The second-order valence-electron chi connectivity index (χ2n) is 6.65. The van der Waals surface area contributed by atoms with Crippen molar-refractivity contribution in [3.63, 3.8) is 0 Å². The van der Waals surface area contributed by atoms with Gasteiger partial charge in [0.2, 0.25) is 5.91 Å². The maximum atomic E-state index is 13.6. The van der Waals surface area contributed by atoms with Gasteiger partial charge in [-0.3, -0.25) is 4.79 Å². The molecule has 1 fully saturated rings. The fraction of sp³-hybridized carbons (Fsp3) is 0.350. The molecule has 1 saturated heterocycles. The molecule has 2 atom stereocenters. The largest absolute Gasteiger partial charge is 0.435 e. The van der Waals surface area contributed by atoms with Gasteiger partial charge in [-0.1, -0.05) is 18.2 Å². The average Bonchev–Trinajstić information content (AvgIpc) is 2.66. The highest BCUT2D eigenvalue weighted by molar-refractivity contribution is 5.85. The van der Waals surface area contributed by atoms with E-state index in [1.807, 2.05) is 0 Å². The Bertz CT molecular complexity index is 821. The average molecular weight is 433 g/mol. The molecule has 0 spiro atoms. The maximum absolute atomic E-state index is 13.6. The van der Waals surface area contributed by atoms with Gasteiger partial charge in [0.1, 0.15) is 5.75 Å². The first-order chi connectivity index (χ1) is 13.4. The van der Waals surface area contributed by atoms with Crippen LogP contribution in [0.2, 0.25) is 0 Å². The van der Waals surface area contributed by atoms with Gasteiger partial charge in [-0.25, -0.2) is 8.78 Å². The number of carbonyl (C=O) groups excluding carboxylic acids is 1. The number of amides is 1. The van der Waals surface area contributed by atoms with Crippen molar-refractivity contribution in [3.05, 3.63) is 65.2 Å². The van der Waals surface area contributed by atoms with Crippen molar-refractivity contribution < 1.29 is 27.1 Å². The summed E-state index contributed by atoms with van der Waals surface area (Å²) < 4.78 is 55.4. The minimum absolute atomic E-state index is 0. The Morgan fingerprint density at radius 2 is 1.86 bits per heavy atom. The summed E-state index contributed by atoms with van der Waals surface area (Å²) in [6.45, 7) is -1.68. The zero-order valence-electron chi connectivity index (χ0n) is 15.3. The molecule has 1 amide bonds. The van der Waals surface area contributed by atoms with E-state index in [1.165, 1.54) is 24.3 Å². The highest BCUT2D eigenvalue weighted by atomic mass is 35.5. The first-order valence-electron chi connectivity index (χ1n) is 8.91. The SMILES string of the molecule is Cl.O=C(Cc1ccc(OC(F)F)cc1)NC1CNCCC1c1ccc(F)c(F)c1. The van der Waals surface area contributed by atoms with Crippen molar-refractivity contribution in [1.29, 1.82) is 0 Å². The lowest BCUT2D eigenvalue weighted by Gasteiger charge is -2.33. The van der Waals surface area contributed by atoms with E-state index in [9.17, 15) is 22.4 Å². The van der Waals surface area contributed by atoms with Crippen molar-refractivity contribution in [2.75, 3.05) is 13.1 Å². The number of alkyl halides is 2. The Morgan fingerprint density at radius 3 is 2.52 bits per heavy atom. The van der Waals surface area contributed by atoms with Crippen LogP contribution in [0.1, 0.15) is 23.5 Å². The Kier molecular flexibility index (Phi) is 8.28. The number of halogens is 5. The number of hydrogen-bond donors (Lipinski definition) is 2. The molecule has 2 aromatic carbocycles. The van der Waals surface area contributed by atoms with Crippen LogP contribution < -0.4 is 15.4 Å². The quantitative estimate of drug-likeness (QED) is 0.683. The Hall–Kier alpha value is -2.32. The van der Waals surface area contributed by atoms with Gasteiger partial charge < -0.3 is 15.4 Å². The van der Waals surface area contributed by atoms with Gasteiger partial charge in [0.15, 0.2) is 11.6 Å². The normalized spacial score (nSPS) is 18.8. The predicted molar refractivity (Wildman–Crippen MR) is 103 cm³/mol. The predicted octanol–water partition coefficient (Wildman–Crippen LogP) is 3.79. The molecule has 158 valence electrons. The molecule has 2 N–H and O–H groups in total. The Morgan fingerprint density at radius 1 is 1.14 bits per heavy atom. The number of hydrogen-bond acceptors (Lipinski definition) is 3. The van der Waals surface area contributed by atoms with Crippen molar-refractivity contribution in [2.24, 2.45) is 0 Å². The standard InChI is InChI=1S/C20H20F4N2O2.ClH/c21-16-6-3-13(10-17(16)22)15-7-8-25-11-18(15)26-19(27)9-12-1-4-14(5-2-12)28-20(23)24;/h1-6,10,15,18,20,25H,7-9,11H2,(H,26,27);1H. The summed E-state index contributed by atoms with van der Waals surface area (Å²) in [6, 6.07) is 9.37. The molecule has 0 aliphatic carbocycles. The first-order valence-corrected chi connectivity index (χ1v) is 8.91. The summed E-state index contributed by atoms with van der Waals surface area (Å²) in [7, 11) is 0. The molecule has 0 saturated carbocycles. The third kappa shape index (κ3) is 6.33. The van der Waals surface area contributed by atoms with Crippen LogP contribution in [0, 0.1) is 11.6 Å². The smallest absolute Gasteiger partial charge is 0.387 e. The zero-order chi connectivity index (χ0) is 20.1. The van der Waals surface area contributed by atoms with Crippen molar-refractivity contribution in [2.45, 2.75) is 31.4 Å². The number of benzene rings is 2. The Labute approximate surface area is 172 Å². The maximum Gasteiger partial charge on any atom is 0.387 e. The molecule has 4 nitrogen and oxygen atoms in total. The minimum atomic E-state index is -2.90. The van der Waals surface area contributed by atoms with E-state index in [-0.39, 0.29) is 42.4 Å². The topological polar surface area (TPSA) is 50.4 Å². The summed E-state index contributed by atoms with van der Waals surface area (Å²) in [5.41, 5.74) is 1.28. The molecule has 1 aliphatic rings. The second kappa shape index (κ2) is 10.5. The van der Waals surface area contributed by atoms with Crippen LogP contribution in [0.3, 0.4) is 0 Å². The lowest BCUT2D eigenvalue weighted by Crippen LogP contribution is -2.50. The van der Waals surface area contributed by atoms with Crippen LogP contribution in [0.15, 0.2) is 42.5 Å². The lowest BCUT2D eigenvalue weighted by atomic mass is 9.86. The van der Waals surface area contributed by atoms with Gasteiger partial charge in [0, 0.05) is 18.5 Å². The molecule has 0 aromatic heterocycles. The third-order valence-corrected chi connectivity index (χ3v) is 4.71. The van der Waals surface area contributed by atoms with Gasteiger partial charge in [0.05, 0.1) is 6.42 Å². The molecule has 2 aromatic rings. The Balaban J connectivity index is 0.00000300. The minimum Gasteiger partial charge on any atom is -0.435 e. The molecule has 1 heterocycles. The molecule has 1 aliphatic heterocycles. The van der Waals surface area contributed by atoms with Crippen molar-refractivity contribution in [1.82, 2.24) is 10.6 Å². The number of ether oxygens (including phenoxy) is 1. The molecule has 29 heavy (non-hydrogen) atoms. The van der Waals surface area contributed by atoms with E-state index in [4.69, 9.17) is 0 Å². The monoisotopic (exact) mass is 432 g/mol. The van der Waals surface area contributed by atoms with Crippen molar-refractivity contribution >= 4 is 18.3 Å². The van der Waals surface area contributed by atoms with E-state index >= 15 is 0 Å². The lowest BCUT2D eigenvalue weighted by molar-refractivity contribution is -0.121. The molecule has 2 unspecified atom stereocenters. The molecular formula is C20H21ClF4N2O2. The first kappa shape index (κ1) is 23.0.